The van der Waals surface area contributed by atoms with E-state index in [2.05, 4.69) is 6.92 Å². The zero-order chi connectivity index (χ0) is 19.8. The molecule has 2 aromatic carbocycles. The van der Waals surface area contributed by atoms with Crippen LogP contribution in [-0.2, 0) is 13.0 Å². The summed E-state index contributed by atoms with van der Waals surface area (Å²) in [5, 5.41) is 2.10. The van der Waals surface area contributed by atoms with Crippen LogP contribution in [0.15, 0.2) is 24.3 Å². The Morgan fingerprint density at radius 1 is 0.893 bits per heavy atom. The fraction of sp³-hybridized carbons (Fsp3) is 0.318. The highest BCUT2D eigenvalue weighted by Crippen LogP contribution is 2.49. The Bertz CT molecular complexity index is 1060. The van der Waals surface area contributed by atoms with Crippen LogP contribution in [0.1, 0.15) is 18.2 Å². The van der Waals surface area contributed by atoms with E-state index in [1.165, 1.54) is 0 Å². The minimum atomic E-state index is 0.384. The molecule has 0 amide bonds. The van der Waals surface area contributed by atoms with Crippen LogP contribution in [0.2, 0.25) is 0 Å². The molecule has 0 radical (unpaired) electrons. The van der Waals surface area contributed by atoms with Crippen LogP contribution in [0, 0.1) is 0 Å². The number of hydrogen-bond acceptors (Lipinski definition) is 6. The summed E-state index contributed by atoms with van der Waals surface area (Å²) >= 11 is 0. The van der Waals surface area contributed by atoms with E-state index in [0.29, 0.717) is 35.4 Å². The minimum absolute atomic E-state index is 0.384. The molecule has 0 saturated heterocycles. The molecule has 0 saturated carbocycles. The fourth-order valence-corrected chi connectivity index (χ4v) is 3.77. The monoisotopic (exact) mass is 381 g/mol. The molecule has 146 valence electrons. The molecule has 1 aromatic heterocycles. The topological polar surface area (TPSA) is 59.0 Å². The summed E-state index contributed by atoms with van der Waals surface area (Å²) < 4.78 is 28.1. The van der Waals surface area contributed by atoms with E-state index in [0.717, 1.165) is 39.7 Å². The molecule has 6 heteroatoms. The second-order valence-corrected chi connectivity index (χ2v) is 6.46. The number of ether oxygens (including phenoxy) is 5. The maximum Gasteiger partial charge on any atom is 0.204 e. The molecule has 0 spiro atoms. The first kappa shape index (κ1) is 18.2. The molecule has 1 aliphatic rings. The van der Waals surface area contributed by atoms with Crippen LogP contribution in [0.4, 0.5) is 0 Å². The molecule has 3 aromatic rings. The van der Waals surface area contributed by atoms with Gasteiger partial charge < -0.3 is 23.7 Å². The second kappa shape index (κ2) is 7.11. The molecule has 0 fully saturated rings. The Morgan fingerprint density at radius 3 is 2.18 bits per heavy atom. The van der Waals surface area contributed by atoms with E-state index >= 15 is 0 Å². The first-order chi connectivity index (χ1) is 13.7. The minimum Gasteiger partial charge on any atom is -0.493 e. The van der Waals surface area contributed by atoms with Crippen molar-refractivity contribution in [3.05, 3.63) is 35.5 Å². The van der Waals surface area contributed by atoms with Crippen LogP contribution < -0.4 is 23.7 Å². The van der Waals surface area contributed by atoms with Crippen LogP contribution >= 0.6 is 0 Å². The van der Waals surface area contributed by atoms with Gasteiger partial charge in [-0.05, 0) is 36.1 Å². The molecule has 6 nitrogen and oxygen atoms in total. The Hall–Kier alpha value is -3.15. The molecule has 2 heterocycles. The summed E-state index contributed by atoms with van der Waals surface area (Å²) in [6.07, 6.45) is 0.794. The van der Waals surface area contributed by atoms with Gasteiger partial charge in [-0.15, -0.1) is 0 Å². The second-order valence-electron chi connectivity index (χ2n) is 6.46. The predicted octanol–water partition coefficient (Wildman–Crippen LogP) is 4.39. The van der Waals surface area contributed by atoms with Gasteiger partial charge in [0.2, 0.25) is 5.75 Å². The Labute approximate surface area is 164 Å². The fourth-order valence-electron chi connectivity index (χ4n) is 3.77. The standard InChI is InChI=1S/C22H23NO5/c1-6-16-14-10-19(26-4)18(25-3)9-13(14)15-11-28-21-12(20(15)23-16)7-8-17(24-2)22(21)27-5/h7-10H,6,11H2,1-5H3. The predicted molar refractivity (Wildman–Crippen MR) is 107 cm³/mol. The lowest BCUT2D eigenvalue weighted by atomic mass is 9.94. The molecule has 28 heavy (non-hydrogen) atoms. The molecule has 0 aliphatic carbocycles. The van der Waals surface area contributed by atoms with Gasteiger partial charge in [0.05, 0.1) is 34.1 Å². The maximum atomic E-state index is 6.11. The van der Waals surface area contributed by atoms with Crippen molar-refractivity contribution < 1.29 is 23.7 Å². The van der Waals surface area contributed by atoms with E-state index in [1.807, 2.05) is 24.3 Å². The van der Waals surface area contributed by atoms with Gasteiger partial charge in [0.25, 0.3) is 0 Å². The zero-order valence-corrected chi connectivity index (χ0v) is 16.7. The summed E-state index contributed by atoms with van der Waals surface area (Å²) in [5.41, 5.74) is 3.81. The van der Waals surface area contributed by atoms with Crippen molar-refractivity contribution in [1.29, 1.82) is 0 Å². The number of rotatable bonds is 5. The van der Waals surface area contributed by atoms with Gasteiger partial charge in [0.1, 0.15) is 6.61 Å². The van der Waals surface area contributed by atoms with Crippen LogP contribution in [-0.4, -0.2) is 33.4 Å². The zero-order valence-electron chi connectivity index (χ0n) is 16.7. The molecule has 0 N–H and O–H groups in total. The third kappa shape index (κ3) is 2.59. The lowest BCUT2D eigenvalue weighted by Crippen LogP contribution is -2.11. The summed E-state index contributed by atoms with van der Waals surface area (Å²) in [4.78, 5) is 4.99. The Kier molecular flexibility index (Phi) is 4.63. The van der Waals surface area contributed by atoms with Gasteiger partial charge in [-0.1, -0.05) is 6.92 Å². The highest BCUT2D eigenvalue weighted by molar-refractivity contribution is 5.96. The summed E-state index contributed by atoms with van der Waals surface area (Å²) in [5.74, 6) is 3.24. The van der Waals surface area contributed by atoms with Gasteiger partial charge in [0, 0.05) is 22.2 Å². The quantitative estimate of drug-likeness (QED) is 0.653. The third-order valence-corrected chi connectivity index (χ3v) is 5.14. The number of fused-ring (bicyclic) bond motifs is 5. The van der Waals surface area contributed by atoms with E-state index in [1.54, 1.807) is 28.4 Å². The van der Waals surface area contributed by atoms with Crippen molar-refractivity contribution in [3.8, 4) is 40.0 Å². The Balaban J connectivity index is 2.04. The van der Waals surface area contributed by atoms with E-state index in [-0.39, 0.29) is 0 Å². The number of methoxy groups -OCH3 is 4. The number of aromatic nitrogens is 1. The van der Waals surface area contributed by atoms with Crippen molar-refractivity contribution in [2.24, 2.45) is 0 Å². The molecule has 0 unspecified atom stereocenters. The van der Waals surface area contributed by atoms with Gasteiger partial charge in [-0.25, -0.2) is 0 Å². The van der Waals surface area contributed by atoms with Crippen LogP contribution in [0.3, 0.4) is 0 Å². The van der Waals surface area contributed by atoms with E-state index in [4.69, 9.17) is 28.7 Å². The summed E-state index contributed by atoms with van der Waals surface area (Å²) in [7, 11) is 6.50. The number of hydrogen-bond donors (Lipinski definition) is 0. The van der Waals surface area contributed by atoms with Crippen molar-refractivity contribution >= 4 is 10.8 Å². The van der Waals surface area contributed by atoms with Gasteiger partial charge in [-0.2, -0.15) is 0 Å². The lowest BCUT2D eigenvalue weighted by molar-refractivity contribution is 0.273. The van der Waals surface area contributed by atoms with Crippen molar-refractivity contribution in [2.75, 3.05) is 28.4 Å². The van der Waals surface area contributed by atoms with E-state index in [9.17, 15) is 0 Å². The van der Waals surface area contributed by atoms with E-state index < -0.39 is 0 Å². The first-order valence-electron chi connectivity index (χ1n) is 9.12. The smallest absolute Gasteiger partial charge is 0.204 e. The molecular weight excluding hydrogens is 358 g/mol. The van der Waals surface area contributed by atoms with Gasteiger partial charge in [-0.3, -0.25) is 4.98 Å². The van der Waals surface area contributed by atoms with Crippen molar-refractivity contribution in [2.45, 2.75) is 20.0 Å². The van der Waals surface area contributed by atoms with Crippen LogP contribution in [0.25, 0.3) is 22.0 Å². The number of aryl methyl sites for hydroxylation is 1. The molecular formula is C22H23NO5. The highest BCUT2D eigenvalue weighted by Gasteiger charge is 2.27. The van der Waals surface area contributed by atoms with Crippen LogP contribution in [0.5, 0.6) is 28.7 Å². The molecule has 0 atom stereocenters. The normalized spacial score (nSPS) is 12.0. The number of nitrogens with zero attached hydrogens (tertiary/aromatic N) is 1. The largest absolute Gasteiger partial charge is 0.493 e. The average molecular weight is 381 g/mol. The average Bonchev–Trinajstić information content (AvgIpc) is 2.75. The molecule has 0 bridgehead atoms. The summed E-state index contributed by atoms with van der Waals surface area (Å²) in [6, 6.07) is 7.84. The number of pyridine rings is 1. The summed E-state index contributed by atoms with van der Waals surface area (Å²) in [6.45, 7) is 2.48. The third-order valence-electron chi connectivity index (χ3n) is 5.14. The molecule has 1 aliphatic heterocycles. The Morgan fingerprint density at radius 2 is 1.57 bits per heavy atom. The highest BCUT2D eigenvalue weighted by atomic mass is 16.5. The SMILES string of the molecule is CCc1nc2c(c3cc(OC)c(OC)cc13)COc1c-2ccc(OC)c1OC. The lowest BCUT2D eigenvalue weighted by Gasteiger charge is -2.25. The van der Waals surface area contributed by atoms with Crippen molar-refractivity contribution in [3.63, 3.8) is 0 Å². The maximum absolute atomic E-state index is 6.11. The van der Waals surface area contributed by atoms with Crippen molar-refractivity contribution in [1.82, 2.24) is 4.98 Å². The first-order valence-corrected chi connectivity index (χ1v) is 9.12. The van der Waals surface area contributed by atoms with Gasteiger partial charge in [0.15, 0.2) is 23.0 Å². The number of benzene rings is 2. The van der Waals surface area contributed by atoms with Gasteiger partial charge >= 0.3 is 0 Å². The molecule has 4 rings (SSSR count).